The molecule has 1 heterocycles. The molecule has 2 aromatic rings. The van der Waals surface area contributed by atoms with Gasteiger partial charge in [-0.3, -0.25) is 14.5 Å². The maximum Gasteiger partial charge on any atom is 0.325 e. The van der Waals surface area contributed by atoms with Gasteiger partial charge < -0.3 is 15.4 Å². The van der Waals surface area contributed by atoms with Crippen LogP contribution >= 0.6 is 0 Å². The van der Waals surface area contributed by atoms with E-state index in [1.807, 2.05) is 61.5 Å². The average Bonchev–Trinajstić information content (AvgIpc) is 3.04. The number of imide groups is 1. The summed E-state index contributed by atoms with van der Waals surface area (Å²) in [5.74, 6) is 0.197. The second-order valence-corrected chi connectivity index (χ2v) is 8.59. The summed E-state index contributed by atoms with van der Waals surface area (Å²) in [7, 11) is 0. The molecule has 1 aliphatic carbocycles. The Morgan fingerprint density at radius 2 is 1.81 bits per heavy atom. The third kappa shape index (κ3) is 4.47. The van der Waals surface area contributed by atoms with Crippen molar-refractivity contribution in [3.8, 4) is 5.75 Å². The van der Waals surface area contributed by atoms with Crippen LogP contribution in [0.3, 0.4) is 0 Å². The Hall–Kier alpha value is -3.35. The highest BCUT2D eigenvalue weighted by Gasteiger charge is 2.55. The molecule has 168 valence electrons. The molecule has 7 heteroatoms. The number of benzene rings is 2. The van der Waals surface area contributed by atoms with Crippen LogP contribution in [0.25, 0.3) is 0 Å². The van der Waals surface area contributed by atoms with Crippen molar-refractivity contribution in [3.05, 3.63) is 65.7 Å². The van der Waals surface area contributed by atoms with Crippen molar-refractivity contribution in [2.24, 2.45) is 5.92 Å². The van der Waals surface area contributed by atoms with E-state index in [2.05, 4.69) is 10.6 Å². The van der Waals surface area contributed by atoms with Crippen LogP contribution in [0.5, 0.6) is 5.75 Å². The van der Waals surface area contributed by atoms with Gasteiger partial charge in [0.25, 0.3) is 5.91 Å². The first-order valence-electron chi connectivity index (χ1n) is 11.1. The molecule has 32 heavy (non-hydrogen) atoms. The summed E-state index contributed by atoms with van der Waals surface area (Å²) in [6.07, 6.45) is 3.48. The van der Waals surface area contributed by atoms with Crippen LogP contribution in [0, 0.1) is 5.92 Å². The highest BCUT2D eigenvalue weighted by Crippen LogP contribution is 2.38. The molecular weight excluding hydrogens is 406 g/mol. The zero-order chi connectivity index (χ0) is 22.6. The van der Waals surface area contributed by atoms with Gasteiger partial charge in [-0.15, -0.1) is 0 Å². The average molecular weight is 436 g/mol. The molecule has 0 bridgehead atoms. The van der Waals surface area contributed by atoms with Crippen LogP contribution in [0.15, 0.2) is 54.6 Å². The van der Waals surface area contributed by atoms with Crippen LogP contribution in [-0.2, 0) is 22.7 Å². The smallest absolute Gasteiger partial charge is 0.325 e. The number of amides is 4. The lowest BCUT2D eigenvalue weighted by molar-refractivity contribution is -0.137. The van der Waals surface area contributed by atoms with Crippen LogP contribution < -0.4 is 15.4 Å². The van der Waals surface area contributed by atoms with E-state index in [4.69, 9.17) is 4.74 Å². The number of para-hydroxylation sites is 1. The summed E-state index contributed by atoms with van der Waals surface area (Å²) < 4.78 is 5.83. The van der Waals surface area contributed by atoms with E-state index >= 15 is 0 Å². The Balaban J connectivity index is 1.34. The summed E-state index contributed by atoms with van der Waals surface area (Å²) in [6, 6.07) is 16.8. The van der Waals surface area contributed by atoms with E-state index in [9.17, 15) is 14.4 Å². The molecule has 0 radical (unpaired) electrons. The van der Waals surface area contributed by atoms with E-state index < -0.39 is 11.6 Å². The minimum absolute atomic E-state index is 0.0669. The fourth-order valence-corrected chi connectivity index (χ4v) is 4.58. The molecule has 0 aromatic heterocycles. The lowest BCUT2D eigenvalue weighted by Gasteiger charge is -2.36. The quantitative estimate of drug-likeness (QED) is 0.653. The molecule has 2 N–H and O–H groups in total. The highest BCUT2D eigenvalue weighted by molar-refractivity contribution is 6.09. The summed E-state index contributed by atoms with van der Waals surface area (Å²) in [5, 5.41) is 5.72. The lowest BCUT2D eigenvalue weighted by Crippen LogP contribution is -2.54. The molecule has 1 saturated carbocycles. The number of urea groups is 1. The van der Waals surface area contributed by atoms with Crippen molar-refractivity contribution < 1.29 is 19.1 Å². The lowest BCUT2D eigenvalue weighted by atomic mass is 9.73. The molecule has 2 unspecified atom stereocenters. The number of nitrogens with zero attached hydrogens (tertiary/aromatic N) is 1. The van der Waals surface area contributed by atoms with Crippen LogP contribution in [0.1, 0.15) is 43.7 Å². The Bertz CT molecular complexity index is 994. The maximum absolute atomic E-state index is 13.0. The van der Waals surface area contributed by atoms with E-state index in [-0.39, 0.29) is 24.3 Å². The number of nitrogens with one attached hydrogen (secondary N) is 2. The first-order chi connectivity index (χ1) is 15.5. The van der Waals surface area contributed by atoms with Crippen LogP contribution in [-0.4, -0.2) is 34.8 Å². The number of carbonyl (C=O) groups excluding carboxylic acids is 3. The highest BCUT2D eigenvalue weighted by atomic mass is 16.5. The first kappa shape index (κ1) is 21.9. The second kappa shape index (κ2) is 9.42. The molecule has 4 rings (SSSR count). The molecule has 7 nitrogen and oxygen atoms in total. The zero-order valence-corrected chi connectivity index (χ0v) is 18.3. The maximum atomic E-state index is 13.0. The third-order valence-electron chi connectivity index (χ3n) is 6.54. The van der Waals surface area contributed by atoms with Crippen LogP contribution in [0.4, 0.5) is 4.79 Å². The Labute approximate surface area is 188 Å². The van der Waals surface area contributed by atoms with Gasteiger partial charge in [0.1, 0.15) is 24.4 Å². The number of hydrogen-bond acceptors (Lipinski definition) is 4. The van der Waals surface area contributed by atoms with Crippen molar-refractivity contribution in [2.75, 3.05) is 6.54 Å². The summed E-state index contributed by atoms with van der Waals surface area (Å²) in [4.78, 5) is 39.2. The monoisotopic (exact) mass is 435 g/mol. The van der Waals surface area contributed by atoms with Crippen molar-refractivity contribution in [3.63, 3.8) is 0 Å². The van der Waals surface area contributed by atoms with E-state index in [1.165, 1.54) is 0 Å². The number of carbonyl (C=O) groups is 3. The summed E-state index contributed by atoms with van der Waals surface area (Å²) in [6.45, 7) is 2.39. The fraction of sp³-hybridized carbons (Fsp3) is 0.400. The number of ether oxygens (including phenoxy) is 1. The molecule has 1 aliphatic heterocycles. The van der Waals surface area contributed by atoms with E-state index in [0.29, 0.717) is 19.6 Å². The molecule has 2 fully saturated rings. The minimum Gasteiger partial charge on any atom is -0.489 e. The third-order valence-corrected chi connectivity index (χ3v) is 6.54. The van der Waals surface area contributed by atoms with Gasteiger partial charge in [0.05, 0.1) is 0 Å². The molecule has 4 amide bonds. The molecule has 1 saturated heterocycles. The van der Waals surface area contributed by atoms with Gasteiger partial charge in [0.2, 0.25) is 5.91 Å². The van der Waals surface area contributed by atoms with Crippen molar-refractivity contribution in [2.45, 2.75) is 51.3 Å². The largest absolute Gasteiger partial charge is 0.489 e. The van der Waals surface area contributed by atoms with E-state index in [1.54, 1.807) is 0 Å². The molecule has 2 atom stereocenters. The van der Waals surface area contributed by atoms with Gasteiger partial charge in [-0.05, 0) is 42.0 Å². The van der Waals surface area contributed by atoms with Gasteiger partial charge in [0, 0.05) is 6.54 Å². The second-order valence-electron chi connectivity index (χ2n) is 8.59. The SMILES string of the molecule is CC1CCCCC12NC(=O)N(CC(=O)NCc1ccccc1COc1ccccc1)C2=O. The topological polar surface area (TPSA) is 87.7 Å². The zero-order valence-electron chi connectivity index (χ0n) is 18.3. The van der Waals surface area contributed by atoms with Crippen LogP contribution in [0.2, 0.25) is 0 Å². The number of hydrogen-bond donors (Lipinski definition) is 2. The Morgan fingerprint density at radius 3 is 2.56 bits per heavy atom. The standard InChI is InChI=1S/C25H29N3O4/c1-18-9-7-8-14-25(18)23(30)28(24(31)27-25)16-22(29)26-15-19-10-5-6-11-20(19)17-32-21-12-3-2-4-13-21/h2-6,10-13,18H,7-9,14-17H2,1H3,(H,26,29)(H,27,31). The first-order valence-corrected chi connectivity index (χ1v) is 11.1. The predicted molar refractivity (Wildman–Crippen MR) is 120 cm³/mol. The van der Waals surface area contributed by atoms with Gasteiger partial charge in [-0.2, -0.15) is 0 Å². The minimum atomic E-state index is -0.850. The van der Waals surface area contributed by atoms with Gasteiger partial charge in [-0.25, -0.2) is 4.79 Å². The van der Waals surface area contributed by atoms with Gasteiger partial charge >= 0.3 is 6.03 Å². The van der Waals surface area contributed by atoms with Crippen molar-refractivity contribution in [1.82, 2.24) is 15.5 Å². The molecule has 2 aliphatic rings. The summed E-state index contributed by atoms with van der Waals surface area (Å²) in [5.41, 5.74) is 1.03. The summed E-state index contributed by atoms with van der Waals surface area (Å²) >= 11 is 0. The van der Waals surface area contributed by atoms with Gasteiger partial charge in [0.15, 0.2) is 0 Å². The van der Waals surface area contributed by atoms with Crippen molar-refractivity contribution >= 4 is 17.8 Å². The molecular formula is C25H29N3O4. The Kier molecular flexibility index (Phi) is 6.44. The predicted octanol–water partition coefficient (Wildman–Crippen LogP) is 3.38. The molecule has 2 aromatic carbocycles. The van der Waals surface area contributed by atoms with E-state index in [0.717, 1.165) is 41.0 Å². The van der Waals surface area contributed by atoms with Crippen molar-refractivity contribution in [1.29, 1.82) is 0 Å². The fourth-order valence-electron chi connectivity index (χ4n) is 4.58. The normalized spacial score (nSPS) is 22.7. The Morgan fingerprint density at radius 1 is 1.09 bits per heavy atom. The van der Waals surface area contributed by atoms with Gasteiger partial charge in [-0.1, -0.05) is 62.2 Å². The number of rotatable bonds is 7. The molecule has 1 spiro atoms.